The molecule has 4 heterocycles. The minimum atomic E-state index is -1.22. The third-order valence-corrected chi connectivity index (χ3v) is 12.2. The van der Waals surface area contributed by atoms with Crippen molar-refractivity contribution in [3.8, 4) is 17.6 Å². The number of carbonyl (C=O) groups excluding carboxylic acids is 2. The zero-order valence-corrected chi connectivity index (χ0v) is 34.7. The second kappa shape index (κ2) is 16.8. The van der Waals surface area contributed by atoms with Crippen LogP contribution in [0, 0.1) is 17.8 Å². The summed E-state index contributed by atoms with van der Waals surface area (Å²) in [6.45, 7) is 9.56. The fraction of sp³-hybridized carbons (Fsp3) is 0.365. The van der Waals surface area contributed by atoms with E-state index in [1.54, 1.807) is 0 Å². The zero-order chi connectivity index (χ0) is 41.3. The van der Waals surface area contributed by atoms with Crippen molar-refractivity contribution >= 4 is 22.9 Å². The molecule has 5 aromatic rings. The van der Waals surface area contributed by atoms with Crippen molar-refractivity contribution in [2.24, 2.45) is 5.92 Å². The standard InChI is InChI=1S/C52H52O7/c1-32(2)42-23-20-36-19-21-40-29-38(18-17-35-14-11-15-37(27-35)26-34-12-7-6-8-13-34)30-45(53)56-48-46-44(24-22-41-31-43(33(3)4)51(55)57-47(41)46)59-52(5,49(48)58-50(42)54)25-10-9-16-39(40)28-36/h6-8,11-15,19,21-22,24,27-28,31,33,38,48-49H,16-18,20,23,25-26,29-30H2,1-5H3/t38-,48+,49?,52-/m1/s1. The van der Waals surface area contributed by atoms with E-state index in [2.05, 4.69) is 78.6 Å². The largest absolute Gasteiger partial charge is 0.482 e. The highest BCUT2D eigenvalue weighted by atomic mass is 16.6. The molecular formula is C52H52O7. The topological polar surface area (TPSA) is 92.0 Å². The SMILES string of the molecule is CC(C)=C1CCc2ccc3c(c2)CC#CC[C@@]2(C)Oc4ccc5cc(C(C)C)c(=O)oc5c4[C@H](OC(=O)C[C@H](CCc4cccc(Cc5ccccc5)c4)C3)C2OC1=O. The lowest BCUT2D eigenvalue weighted by Gasteiger charge is -2.44. The summed E-state index contributed by atoms with van der Waals surface area (Å²) in [6.07, 6.45) is 2.77. The average molecular weight is 789 g/mol. The van der Waals surface area contributed by atoms with E-state index >= 15 is 0 Å². The van der Waals surface area contributed by atoms with Crippen molar-refractivity contribution in [3.63, 3.8) is 0 Å². The van der Waals surface area contributed by atoms with E-state index in [0.29, 0.717) is 53.5 Å². The number of benzene rings is 4. The Balaban J connectivity index is 1.23. The Morgan fingerprint density at radius 3 is 2.41 bits per heavy atom. The van der Waals surface area contributed by atoms with E-state index < -0.39 is 35.4 Å². The summed E-state index contributed by atoms with van der Waals surface area (Å²) < 4.78 is 26.0. The van der Waals surface area contributed by atoms with Crippen molar-refractivity contribution in [2.75, 3.05) is 0 Å². The van der Waals surface area contributed by atoms with Crippen LogP contribution >= 0.6 is 0 Å². The monoisotopic (exact) mass is 788 g/mol. The van der Waals surface area contributed by atoms with Crippen molar-refractivity contribution in [1.29, 1.82) is 0 Å². The maximum atomic E-state index is 14.6. The van der Waals surface area contributed by atoms with Gasteiger partial charge in [0.05, 0.1) is 12.0 Å². The molecule has 7 heteroatoms. The lowest BCUT2D eigenvalue weighted by Crippen LogP contribution is -2.54. The van der Waals surface area contributed by atoms with Gasteiger partial charge in [-0.15, -0.1) is 0 Å². The van der Waals surface area contributed by atoms with Gasteiger partial charge in [-0.2, -0.15) is 0 Å². The summed E-state index contributed by atoms with van der Waals surface area (Å²) in [4.78, 5) is 42.4. The zero-order valence-electron chi connectivity index (χ0n) is 34.7. The number of ether oxygens (including phenoxy) is 3. The van der Waals surface area contributed by atoms with Crippen LogP contribution in [0.3, 0.4) is 0 Å². The number of rotatable bonds is 6. The van der Waals surface area contributed by atoms with Crippen molar-refractivity contribution in [3.05, 3.63) is 157 Å². The minimum absolute atomic E-state index is 0.0696. The minimum Gasteiger partial charge on any atom is -0.482 e. The Kier molecular flexibility index (Phi) is 11.4. The highest BCUT2D eigenvalue weighted by Gasteiger charge is 2.53. The third-order valence-electron chi connectivity index (χ3n) is 12.2. The normalized spacial score (nSPS) is 21.7. The van der Waals surface area contributed by atoms with Gasteiger partial charge in [-0.3, -0.25) is 4.79 Å². The van der Waals surface area contributed by atoms with Crippen molar-refractivity contribution in [2.45, 2.75) is 116 Å². The van der Waals surface area contributed by atoms with Gasteiger partial charge in [0.2, 0.25) is 0 Å². The van der Waals surface area contributed by atoms with Crippen LogP contribution in [0.5, 0.6) is 5.75 Å². The molecule has 0 radical (unpaired) electrons. The molecule has 4 aromatic carbocycles. The maximum absolute atomic E-state index is 14.6. The summed E-state index contributed by atoms with van der Waals surface area (Å²) in [6, 6.07) is 31.2. The molecule has 0 saturated carbocycles. The first-order valence-corrected chi connectivity index (χ1v) is 21.0. The van der Waals surface area contributed by atoms with Gasteiger partial charge in [0.15, 0.2) is 17.8 Å². The first kappa shape index (κ1) is 39.9. The summed E-state index contributed by atoms with van der Waals surface area (Å²) in [5, 5.41) is 0.662. The van der Waals surface area contributed by atoms with E-state index in [4.69, 9.17) is 18.6 Å². The van der Waals surface area contributed by atoms with Crippen LogP contribution in [0.25, 0.3) is 11.0 Å². The van der Waals surface area contributed by atoms with Gasteiger partial charge in [-0.25, -0.2) is 9.59 Å². The number of esters is 2. The lowest BCUT2D eigenvalue weighted by atomic mass is 9.83. The number of aryl methyl sites for hydroxylation is 2. The summed E-state index contributed by atoms with van der Waals surface area (Å²) in [5.74, 6) is 6.12. The molecule has 0 fully saturated rings. The lowest BCUT2D eigenvalue weighted by molar-refractivity contribution is -0.190. The smallest absolute Gasteiger partial charge is 0.339 e. The number of hydrogen-bond acceptors (Lipinski definition) is 7. The molecule has 7 nitrogen and oxygen atoms in total. The second-order valence-electron chi connectivity index (χ2n) is 17.3. The van der Waals surface area contributed by atoms with Gasteiger partial charge >= 0.3 is 17.6 Å². The Labute approximate surface area is 346 Å². The van der Waals surface area contributed by atoms with E-state index in [-0.39, 0.29) is 30.3 Å². The number of allylic oxidation sites excluding steroid dienone is 1. The maximum Gasteiger partial charge on any atom is 0.339 e. The van der Waals surface area contributed by atoms with Gasteiger partial charge < -0.3 is 18.6 Å². The summed E-state index contributed by atoms with van der Waals surface area (Å²) in [5.41, 5.74) is 8.00. The number of fused-ring (bicyclic) bond motifs is 7. The molecule has 4 atom stereocenters. The molecule has 0 saturated heterocycles. The quantitative estimate of drug-likeness (QED) is 0.0732. The van der Waals surface area contributed by atoms with Crippen LogP contribution in [-0.2, 0) is 51.2 Å². The highest BCUT2D eigenvalue weighted by molar-refractivity contribution is 5.90. The molecule has 59 heavy (non-hydrogen) atoms. The number of carbonyl (C=O) groups is 2. The molecule has 0 N–H and O–H groups in total. The van der Waals surface area contributed by atoms with Crippen molar-refractivity contribution in [1.82, 2.24) is 0 Å². The molecule has 0 spiro atoms. The molecule has 0 aliphatic carbocycles. The van der Waals surface area contributed by atoms with Crippen molar-refractivity contribution < 1.29 is 28.2 Å². The Morgan fingerprint density at radius 1 is 0.814 bits per heavy atom. The highest BCUT2D eigenvalue weighted by Crippen LogP contribution is 2.48. The Bertz CT molecular complexity index is 2560. The second-order valence-corrected chi connectivity index (χ2v) is 17.3. The van der Waals surface area contributed by atoms with Gasteiger partial charge in [0, 0.05) is 29.4 Å². The molecule has 302 valence electrons. The van der Waals surface area contributed by atoms with Crippen LogP contribution in [0.2, 0.25) is 0 Å². The van der Waals surface area contributed by atoms with Crippen LogP contribution in [0.4, 0.5) is 0 Å². The van der Waals surface area contributed by atoms with Gasteiger partial charge in [-0.1, -0.05) is 104 Å². The molecular weight excluding hydrogens is 737 g/mol. The van der Waals surface area contributed by atoms with Crippen LogP contribution in [-0.4, -0.2) is 23.6 Å². The Morgan fingerprint density at radius 2 is 1.61 bits per heavy atom. The van der Waals surface area contributed by atoms with Gasteiger partial charge in [0.1, 0.15) is 11.3 Å². The third kappa shape index (κ3) is 8.64. The van der Waals surface area contributed by atoms with Crippen LogP contribution in [0.1, 0.15) is 117 Å². The molecule has 5 bridgehead atoms. The molecule has 3 aliphatic heterocycles. The van der Waals surface area contributed by atoms with Crippen LogP contribution in [0.15, 0.2) is 111 Å². The van der Waals surface area contributed by atoms with E-state index in [1.807, 2.05) is 58.9 Å². The first-order valence-electron chi connectivity index (χ1n) is 21.0. The predicted octanol–water partition coefficient (Wildman–Crippen LogP) is 10.3. The van der Waals surface area contributed by atoms with E-state index in [0.717, 1.165) is 41.5 Å². The summed E-state index contributed by atoms with van der Waals surface area (Å²) in [7, 11) is 0. The fourth-order valence-corrected chi connectivity index (χ4v) is 8.91. The fourth-order valence-electron chi connectivity index (χ4n) is 8.91. The number of hydrogen-bond donors (Lipinski definition) is 0. The van der Waals surface area contributed by atoms with Gasteiger partial charge in [-0.05, 0) is 123 Å². The molecule has 1 aromatic heterocycles. The average Bonchev–Trinajstić information content (AvgIpc) is 3.20. The van der Waals surface area contributed by atoms with Gasteiger partial charge in [0.25, 0.3) is 0 Å². The molecule has 0 amide bonds. The molecule has 3 aliphatic rings. The predicted molar refractivity (Wildman–Crippen MR) is 229 cm³/mol. The van der Waals surface area contributed by atoms with Crippen LogP contribution < -0.4 is 10.4 Å². The van der Waals surface area contributed by atoms with E-state index in [1.165, 1.54) is 16.7 Å². The van der Waals surface area contributed by atoms with E-state index in [9.17, 15) is 14.4 Å². The first-order chi connectivity index (χ1) is 28.4. The summed E-state index contributed by atoms with van der Waals surface area (Å²) >= 11 is 0. The molecule has 8 rings (SSSR count). The Hall–Kier alpha value is -5.87. The molecule has 1 unspecified atom stereocenters.